The van der Waals surface area contributed by atoms with Crippen molar-refractivity contribution in [1.29, 1.82) is 0 Å². The van der Waals surface area contributed by atoms with Gasteiger partial charge in [-0.2, -0.15) is 0 Å². The van der Waals surface area contributed by atoms with E-state index in [1.807, 2.05) is 29.6 Å². The fourth-order valence-electron chi connectivity index (χ4n) is 3.98. The lowest BCUT2D eigenvalue weighted by atomic mass is 9.90. The molecule has 1 aliphatic heterocycles. The monoisotopic (exact) mass is 422 g/mol. The van der Waals surface area contributed by atoms with Gasteiger partial charge in [-0.15, -0.1) is 11.3 Å². The Morgan fingerprint density at radius 1 is 1.23 bits per heavy atom. The molecule has 3 heterocycles. The van der Waals surface area contributed by atoms with Crippen molar-refractivity contribution in [3.05, 3.63) is 76.5 Å². The van der Waals surface area contributed by atoms with Gasteiger partial charge in [0.05, 0.1) is 13.2 Å². The number of thiazole rings is 1. The highest BCUT2D eigenvalue weighted by Crippen LogP contribution is 2.32. The number of nitrogens with zero attached hydrogens (tertiary/aromatic N) is 3. The highest BCUT2D eigenvalue weighted by Gasteiger charge is 2.31. The summed E-state index contributed by atoms with van der Waals surface area (Å²) in [5.74, 6) is 1.02. The first-order valence-electron chi connectivity index (χ1n) is 10.2. The van der Waals surface area contributed by atoms with Crippen LogP contribution in [0.25, 0.3) is 0 Å². The number of carbonyl (C=O) groups is 1. The first-order chi connectivity index (χ1) is 14.7. The zero-order valence-electron chi connectivity index (χ0n) is 17.0. The van der Waals surface area contributed by atoms with Crippen molar-refractivity contribution in [1.82, 2.24) is 20.2 Å². The van der Waals surface area contributed by atoms with Gasteiger partial charge in [-0.05, 0) is 55.1 Å². The number of ether oxygens (including phenoxy) is 1. The van der Waals surface area contributed by atoms with Gasteiger partial charge in [0, 0.05) is 30.9 Å². The zero-order valence-corrected chi connectivity index (χ0v) is 17.8. The molecule has 0 spiro atoms. The maximum atomic E-state index is 12.8. The summed E-state index contributed by atoms with van der Waals surface area (Å²) in [6.07, 6.45) is 5.61. The molecule has 1 aromatic carbocycles. The van der Waals surface area contributed by atoms with E-state index in [4.69, 9.17) is 4.74 Å². The fourth-order valence-corrected chi connectivity index (χ4v) is 4.76. The molecule has 4 rings (SSSR count). The van der Waals surface area contributed by atoms with Crippen LogP contribution in [0, 0.1) is 5.92 Å². The molecule has 30 heavy (non-hydrogen) atoms. The summed E-state index contributed by atoms with van der Waals surface area (Å²) in [5, 5.41) is 6.13. The molecule has 1 saturated heterocycles. The number of hydrogen-bond donors (Lipinski definition) is 1. The van der Waals surface area contributed by atoms with Crippen LogP contribution in [0.3, 0.4) is 0 Å². The molecule has 2 atom stereocenters. The summed E-state index contributed by atoms with van der Waals surface area (Å²) in [7, 11) is 1.68. The van der Waals surface area contributed by atoms with Crippen molar-refractivity contribution in [3.8, 4) is 5.75 Å². The van der Waals surface area contributed by atoms with Gasteiger partial charge in [0.15, 0.2) is 0 Å². The van der Waals surface area contributed by atoms with E-state index in [0.717, 1.165) is 43.2 Å². The van der Waals surface area contributed by atoms with E-state index in [1.165, 1.54) is 5.56 Å². The van der Waals surface area contributed by atoms with E-state index < -0.39 is 0 Å². The van der Waals surface area contributed by atoms with Gasteiger partial charge in [0.1, 0.15) is 16.5 Å². The predicted octanol–water partition coefficient (Wildman–Crippen LogP) is 3.93. The number of benzene rings is 1. The maximum Gasteiger partial charge on any atom is 0.270 e. The second kappa shape index (κ2) is 9.82. The Labute approximate surface area is 180 Å². The lowest BCUT2D eigenvalue weighted by molar-refractivity contribution is 0.0873. The van der Waals surface area contributed by atoms with Gasteiger partial charge in [0.25, 0.3) is 5.91 Å². The minimum atomic E-state index is -0.150. The van der Waals surface area contributed by atoms with Crippen molar-refractivity contribution in [2.24, 2.45) is 5.92 Å². The van der Waals surface area contributed by atoms with Crippen molar-refractivity contribution in [2.45, 2.75) is 25.4 Å². The fraction of sp³-hybridized carbons (Fsp3) is 0.348. The molecule has 156 valence electrons. The van der Waals surface area contributed by atoms with Gasteiger partial charge in [0.2, 0.25) is 0 Å². The number of nitrogens with one attached hydrogen (secondary N) is 1. The summed E-state index contributed by atoms with van der Waals surface area (Å²) in [6, 6.07) is 13.5. The first kappa shape index (κ1) is 20.5. The Balaban J connectivity index is 1.46. The summed E-state index contributed by atoms with van der Waals surface area (Å²) >= 11 is 1.59. The summed E-state index contributed by atoms with van der Waals surface area (Å²) in [5.41, 5.74) is 1.70. The molecule has 0 radical (unpaired) electrons. The molecule has 1 N–H and O–H groups in total. The minimum Gasteiger partial charge on any atom is -0.497 e. The van der Waals surface area contributed by atoms with Crippen molar-refractivity contribution < 1.29 is 9.53 Å². The highest BCUT2D eigenvalue weighted by atomic mass is 32.1. The van der Waals surface area contributed by atoms with Crippen molar-refractivity contribution in [2.75, 3.05) is 20.2 Å². The first-order valence-corrected chi connectivity index (χ1v) is 11.1. The molecule has 1 fully saturated rings. The van der Waals surface area contributed by atoms with Gasteiger partial charge in [-0.25, -0.2) is 4.98 Å². The van der Waals surface area contributed by atoms with E-state index in [1.54, 1.807) is 36.9 Å². The van der Waals surface area contributed by atoms with Crippen molar-refractivity contribution in [3.63, 3.8) is 0 Å². The van der Waals surface area contributed by atoms with Gasteiger partial charge in [-0.1, -0.05) is 18.2 Å². The second-order valence-corrected chi connectivity index (χ2v) is 8.45. The molecule has 2 aromatic heterocycles. The van der Waals surface area contributed by atoms with Crippen LogP contribution in [0.15, 0.2) is 60.2 Å². The van der Waals surface area contributed by atoms with E-state index in [9.17, 15) is 4.79 Å². The maximum absolute atomic E-state index is 12.8. The number of pyridine rings is 1. The standard InChI is InChI=1S/C23H26N4O2S/c1-29-19-9-7-17(8-10-19)15-27-13-4-5-18(16-27)21(23-25-12-14-30-23)26-22(28)20-6-2-3-11-24-20/h2-3,6-12,14,18,21H,4-5,13,15-16H2,1H3,(H,26,28)/t18-,21-/m0/s1. The average Bonchev–Trinajstić information content (AvgIpc) is 3.33. The van der Waals surface area contributed by atoms with Crippen molar-refractivity contribution >= 4 is 17.2 Å². The SMILES string of the molecule is COc1ccc(CN2CCC[C@H]([C@H](NC(=O)c3ccccn3)c3nccs3)C2)cc1. The molecule has 1 aliphatic rings. The predicted molar refractivity (Wildman–Crippen MR) is 118 cm³/mol. The highest BCUT2D eigenvalue weighted by molar-refractivity contribution is 7.09. The number of piperidine rings is 1. The summed E-state index contributed by atoms with van der Waals surface area (Å²) < 4.78 is 5.26. The Kier molecular flexibility index (Phi) is 6.71. The Morgan fingerprint density at radius 3 is 2.80 bits per heavy atom. The van der Waals surface area contributed by atoms with E-state index in [2.05, 4.69) is 32.3 Å². The molecule has 3 aromatic rings. The number of aromatic nitrogens is 2. The molecular formula is C23H26N4O2S. The normalized spacial score (nSPS) is 18.0. The molecule has 6 nitrogen and oxygen atoms in total. The Bertz CT molecular complexity index is 932. The topological polar surface area (TPSA) is 67.3 Å². The third-order valence-corrected chi connectivity index (χ3v) is 6.34. The van der Waals surface area contributed by atoms with Crippen LogP contribution in [0.5, 0.6) is 5.75 Å². The smallest absolute Gasteiger partial charge is 0.270 e. The molecule has 0 saturated carbocycles. The van der Waals surface area contributed by atoms with Crippen LogP contribution in [0.4, 0.5) is 0 Å². The third kappa shape index (κ3) is 5.04. The van der Waals surface area contributed by atoms with E-state index in [0.29, 0.717) is 11.6 Å². The number of methoxy groups -OCH3 is 1. The second-order valence-electron chi connectivity index (χ2n) is 7.52. The van der Waals surface area contributed by atoms with Crippen LogP contribution in [-0.2, 0) is 6.54 Å². The lowest BCUT2D eigenvalue weighted by Crippen LogP contribution is -2.42. The van der Waals surface area contributed by atoms with E-state index in [-0.39, 0.29) is 11.9 Å². The van der Waals surface area contributed by atoms with Gasteiger partial charge in [-0.3, -0.25) is 14.7 Å². The molecule has 1 amide bonds. The van der Waals surface area contributed by atoms with Crippen LogP contribution >= 0.6 is 11.3 Å². The van der Waals surface area contributed by atoms with Crippen LogP contribution in [0.1, 0.15) is 39.9 Å². The van der Waals surface area contributed by atoms with Crippen LogP contribution in [0.2, 0.25) is 0 Å². The lowest BCUT2D eigenvalue weighted by Gasteiger charge is -2.36. The number of hydrogen-bond acceptors (Lipinski definition) is 6. The van der Waals surface area contributed by atoms with Crippen LogP contribution < -0.4 is 10.1 Å². The molecule has 0 aliphatic carbocycles. The molecule has 0 unspecified atom stereocenters. The number of likely N-dealkylation sites (tertiary alicyclic amines) is 1. The number of rotatable bonds is 7. The van der Waals surface area contributed by atoms with E-state index >= 15 is 0 Å². The Morgan fingerprint density at radius 2 is 2.10 bits per heavy atom. The molecule has 7 heteroatoms. The number of amides is 1. The zero-order chi connectivity index (χ0) is 20.8. The summed E-state index contributed by atoms with van der Waals surface area (Å²) in [6.45, 7) is 2.86. The number of carbonyl (C=O) groups excluding carboxylic acids is 1. The minimum absolute atomic E-state index is 0.113. The Hall–Kier alpha value is -2.77. The quantitative estimate of drug-likeness (QED) is 0.625. The average molecular weight is 423 g/mol. The van der Waals surface area contributed by atoms with Gasteiger partial charge >= 0.3 is 0 Å². The van der Waals surface area contributed by atoms with Gasteiger partial charge < -0.3 is 10.1 Å². The van der Waals surface area contributed by atoms with Crippen LogP contribution in [-0.4, -0.2) is 41.0 Å². The molecular weight excluding hydrogens is 396 g/mol. The largest absolute Gasteiger partial charge is 0.497 e. The summed E-state index contributed by atoms with van der Waals surface area (Å²) in [4.78, 5) is 24.0. The third-order valence-electron chi connectivity index (χ3n) is 5.48. The molecule has 0 bridgehead atoms.